The summed E-state index contributed by atoms with van der Waals surface area (Å²) in [4.78, 5) is 34.1. The summed E-state index contributed by atoms with van der Waals surface area (Å²) in [6.07, 6.45) is 1.90. The van der Waals surface area contributed by atoms with Crippen LogP contribution in [0.5, 0.6) is 0 Å². The van der Waals surface area contributed by atoms with E-state index in [0.717, 1.165) is 12.8 Å². The van der Waals surface area contributed by atoms with Crippen molar-refractivity contribution < 1.29 is 19.5 Å². The average Bonchev–Trinajstić information content (AvgIpc) is 2.44. The van der Waals surface area contributed by atoms with Gasteiger partial charge in [0, 0.05) is 5.69 Å². The van der Waals surface area contributed by atoms with E-state index < -0.39 is 23.9 Å². The van der Waals surface area contributed by atoms with Gasteiger partial charge in [-0.1, -0.05) is 38.0 Å². The molecule has 5 N–H and O–H groups in total. The highest BCUT2D eigenvalue weighted by atomic mass is 16.4. The van der Waals surface area contributed by atoms with Crippen molar-refractivity contribution in [2.45, 2.75) is 38.6 Å². The zero-order valence-corrected chi connectivity index (χ0v) is 12.5. The Kier molecular flexibility index (Phi) is 6.88. The fraction of sp³-hybridized carbons (Fsp3) is 0.400. The molecule has 0 bridgehead atoms. The number of amides is 3. The lowest BCUT2D eigenvalue weighted by Crippen LogP contribution is -2.46. The van der Waals surface area contributed by atoms with E-state index in [0.29, 0.717) is 17.7 Å². The molecule has 0 saturated carbocycles. The molecule has 7 heteroatoms. The van der Waals surface area contributed by atoms with Crippen LogP contribution in [-0.2, 0) is 16.0 Å². The van der Waals surface area contributed by atoms with Gasteiger partial charge in [0.05, 0.1) is 6.42 Å². The molecule has 1 rings (SSSR count). The number of rotatable bonds is 8. The maximum atomic E-state index is 12.3. The number of aliphatic carboxylic acids is 1. The molecule has 0 aliphatic heterocycles. The summed E-state index contributed by atoms with van der Waals surface area (Å²) in [5.74, 6) is -1.40. The zero-order valence-electron chi connectivity index (χ0n) is 12.5. The number of carboxylic acids is 1. The molecule has 0 radical (unpaired) electrons. The SMILES string of the molecule is CCCCC(NC(N)=O)C(=O)Nc1ccccc1CC(=O)O. The third-order valence-electron chi connectivity index (χ3n) is 3.10. The lowest BCUT2D eigenvalue weighted by Gasteiger charge is -2.18. The number of primary amides is 1. The van der Waals surface area contributed by atoms with Crippen LogP contribution in [0.15, 0.2) is 24.3 Å². The number of anilines is 1. The summed E-state index contributed by atoms with van der Waals surface area (Å²) in [6, 6.07) is 5.14. The Labute approximate surface area is 128 Å². The molecule has 0 aliphatic carbocycles. The quantitative estimate of drug-likeness (QED) is 0.581. The molecule has 1 aromatic rings. The number of carboxylic acid groups (broad SMARTS) is 1. The van der Waals surface area contributed by atoms with E-state index in [1.54, 1.807) is 24.3 Å². The standard InChI is InChI=1S/C15H21N3O4/c1-2-3-7-12(18-15(16)22)14(21)17-11-8-5-4-6-10(11)9-13(19)20/h4-6,8,12H,2-3,7,9H2,1H3,(H,17,21)(H,19,20)(H3,16,18,22). The summed E-state index contributed by atoms with van der Waals surface area (Å²) in [6.45, 7) is 1.97. The highest BCUT2D eigenvalue weighted by molar-refractivity contribution is 5.97. The Morgan fingerprint density at radius 1 is 1.27 bits per heavy atom. The second kappa shape index (κ2) is 8.66. The normalized spacial score (nSPS) is 11.5. The Morgan fingerprint density at radius 2 is 1.95 bits per heavy atom. The fourth-order valence-electron chi connectivity index (χ4n) is 2.03. The summed E-state index contributed by atoms with van der Waals surface area (Å²) < 4.78 is 0. The number of hydrogen-bond donors (Lipinski definition) is 4. The minimum atomic E-state index is -0.987. The number of urea groups is 1. The van der Waals surface area contributed by atoms with Crippen molar-refractivity contribution in [3.63, 3.8) is 0 Å². The van der Waals surface area contributed by atoms with Crippen molar-refractivity contribution in [1.29, 1.82) is 0 Å². The van der Waals surface area contributed by atoms with Gasteiger partial charge in [-0.3, -0.25) is 9.59 Å². The minimum Gasteiger partial charge on any atom is -0.481 e. The summed E-state index contributed by atoms with van der Waals surface area (Å²) in [7, 11) is 0. The van der Waals surface area contributed by atoms with Gasteiger partial charge >= 0.3 is 12.0 Å². The first kappa shape index (κ1) is 17.5. The van der Waals surface area contributed by atoms with Crippen LogP contribution in [0.1, 0.15) is 31.7 Å². The number of hydrogen-bond acceptors (Lipinski definition) is 3. The highest BCUT2D eigenvalue weighted by Crippen LogP contribution is 2.16. The van der Waals surface area contributed by atoms with Crippen LogP contribution in [0, 0.1) is 0 Å². The van der Waals surface area contributed by atoms with E-state index in [2.05, 4.69) is 10.6 Å². The van der Waals surface area contributed by atoms with Crippen molar-refractivity contribution in [2.75, 3.05) is 5.32 Å². The van der Waals surface area contributed by atoms with E-state index in [9.17, 15) is 14.4 Å². The summed E-state index contributed by atoms with van der Waals surface area (Å²) in [5.41, 5.74) is 6.00. The molecule has 120 valence electrons. The highest BCUT2D eigenvalue weighted by Gasteiger charge is 2.20. The van der Waals surface area contributed by atoms with Crippen LogP contribution in [0.2, 0.25) is 0 Å². The molecule has 0 saturated heterocycles. The second-order valence-electron chi connectivity index (χ2n) is 4.92. The predicted molar refractivity (Wildman–Crippen MR) is 82.4 cm³/mol. The van der Waals surface area contributed by atoms with Crippen molar-refractivity contribution in [3.05, 3.63) is 29.8 Å². The average molecular weight is 307 g/mol. The molecule has 7 nitrogen and oxygen atoms in total. The van der Waals surface area contributed by atoms with Crippen molar-refractivity contribution in [2.24, 2.45) is 5.73 Å². The third-order valence-corrected chi connectivity index (χ3v) is 3.10. The van der Waals surface area contributed by atoms with Gasteiger partial charge in [-0.15, -0.1) is 0 Å². The molecule has 3 amide bonds. The summed E-state index contributed by atoms with van der Waals surface area (Å²) >= 11 is 0. The summed E-state index contributed by atoms with van der Waals surface area (Å²) in [5, 5.41) is 13.9. The van der Waals surface area contributed by atoms with Gasteiger partial charge < -0.3 is 21.5 Å². The molecule has 0 aliphatic rings. The second-order valence-corrected chi connectivity index (χ2v) is 4.92. The molecular weight excluding hydrogens is 286 g/mol. The first-order valence-electron chi connectivity index (χ1n) is 7.10. The van der Waals surface area contributed by atoms with Gasteiger partial charge in [0.1, 0.15) is 6.04 Å². The van der Waals surface area contributed by atoms with Crippen LogP contribution in [-0.4, -0.2) is 29.1 Å². The Morgan fingerprint density at radius 3 is 2.55 bits per heavy atom. The van der Waals surface area contributed by atoms with Gasteiger partial charge in [-0.05, 0) is 18.1 Å². The zero-order chi connectivity index (χ0) is 16.5. The van der Waals surface area contributed by atoms with E-state index in [1.807, 2.05) is 6.92 Å². The molecule has 1 atom stereocenters. The Hall–Kier alpha value is -2.57. The largest absolute Gasteiger partial charge is 0.481 e. The number of nitrogens with two attached hydrogens (primary N) is 1. The first-order valence-corrected chi connectivity index (χ1v) is 7.10. The lowest BCUT2D eigenvalue weighted by molar-refractivity contribution is -0.136. The number of nitrogens with one attached hydrogen (secondary N) is 2. The van der Waals surface area contributed by atoms with Crippen LogP contribution in [0.3, 0.4) is 0 Å². The molecule has 22 heavy (non-hydrogen) atoms. The van der Waals surface area contributed by atoms with E-state index in [-0.39, 0.29) is 6.42 Å². The number of unbranched alkanes of at least 4 members (excludes halogenated alkanes) is 1. The number of para-hydroxylation sites is 1. The molecule has 1 aromatic carbocycles. The lowest BCUT2D eigenvalue weighted by atomic mass is 10.1. The van der Waals surface area contributed by atoms with Crippen LogP contribution >= 0.6 is 0 Å². The van der Waals surface area contributed by atoms with Crippen molar-refractivity contribution in [1.82, 2.24) is 5.32 Å². The van der Waals surface area contributed by atoms with Gasteiger partial charge in [-0.2, -0.15) is 0 Å². The van der Waals surface area contributed by atoms with E-state index >= 15 is 0 Å². The molecular formula is C15H21N3O4. The topological polar surface area (TPSA) is 122 Å². The Balaban J connectivity index is 2.83. The van der Waals surface area contributed by atoms with E-state index in [4.69, 9.17) is 10.8 Å². The Bertz CT molecular complexity index is 545. The van der Waals surface area contributed by atoms with Crippen LogP contribution in [0.25, 0.3) is 0 Å². The van der Waals surface area contributed by atoms with Crippen LogP contribution < -0.4 is 16.4 Å². The maximum Gasteiger partial charge on any atom is 0.312 e. The molecule has 0 aromatic heterocycles. The smallest absolute Gasteiger partial charge is 0.312 e. The third kappa shape index (κ3) is 5.82. The van der Waals surface area contributed by atoms with Crippen LogP contribution in [0.4, 0.5) is 10.5 Å². The molecule has 0 spiro atoms. The maximum absolute atomic E-state index is 12.3. The molecule has 0 fully saturated rings. The van der Waals surface area contributed by atoms with Gasteiger partial charge in [0.25, 0.3) is 0 Å². The molecule has 1 unspecified atom stereocenters. The number of benzene rings is 1. The first-order chi connectivity index (χ1) is 10.4. The minimum absolute atomic E-state index is 0.195. The van der Waals surface area contributed by atoms with Crippen molar-refractivity contribution in [3.8, 4) is 0 Å². The van der Waals surface area contributed by atoms with Gasteiger partial charge in [0.2, 0.25) is 5.91 Å². The van der Waals surface area contributed by atoms with E-state index in [1.165, 1.54) is 0 Å². The number of carbonyl (C=O) groups excluding carboxylic acids is 2. The number of carbonyl (C=O) groups is 3. The molecule has 0 heterocycles. The monoisotopic (exact) mass is 307 g/mol. The fourth-order valence-corrected chi connectivity index (χ4v) is 2.03. The van der Waals surface area contributed by atoms with Crippen molar-refractivity contribution >= 4 is 23.6 Å². The van der Waals surface area contributed by atoms with Gasteiger partial charge in [0.15, 0.2) is 0 Å². The van der Waals surface area contributed by atoms with Gasteiger partial charge in [-0.25, -0.2) is 4.79 Å². The predicted octanol–water partition coefficient (Wildman–Crippen LogP) is 1.48.